The molecule has 0 radical (unpaired) electrons. The predicted molar refractivity (Wildman–Crippen MR) is 85.9 cm³/mol. The van der Waals surface area contributed by atoms with Gasteiger partial charge in [-0.3, -0.25) is 0 Å². The van der Waals surface area contributed by atoms with Crippen LogP contribution in [-0.2, 0) is 16.4 Å². The van der Waals surface area contributed by atoms with Gasteiger partial charge in [0, 0.05) is 30.1 Å². The molecule has 0 amide bonds. The Bertz CT molecular complexity index is 507. The molecule has 1 rings (SSSR count). The van der Waals surface area contributed by atoms with Gasteiger partial charge in [0.15, 0.2) is 0 Å². The zero-order chi connectivity index (χ0) is 15.3. The molecule has 0 aromatic carbocycles. The Hall–Kier alpha value is -0.430. The highest BCUT2D eigenvalue weighted by Crippen LogP contribution is 2.26. The van der Waals surface area contributed by atoms with Crippen LogP contribution in [0.2, 0.25) is 0 Å². The largest absolute Gasteiger partial charge is 0.314 e. The highest BCUT2D eigenvalue weighted by Gasteiger charge is 2.26. The molecule has 1 aromatic rings. The van der Waals surface area contributed by atoms with E-state index in [1.54, 1.807) is 6.07 Å². The zero-order valence-electron chi connectivity index (χ0n) is 13.0. The second-order valence-corrected chi connectivity index (χ2v) is 8.67. The summed E-state index contributed by atoms with van der Waals surface area (Å²) in [6, 6.07) is 4.09. The Balaban J connectivity index is 2.80. The topological polar surface area (TPSA) is 49.4 Å². The van der Waals surface area contributed by atoms with Crippen LogP contribution in [-0.4, -0.2) is 37.9 Å². The summed E-state index contributed by atoms with van der Waals surface area (Å²) in [6.07, 6.45) is 0.867. The molecule has 0 aliphatic heterocycles. The van der Waals surface area contributed by atoms with Gasteiger partial charge in [0.25, 0.3) is 10.0 Å². The molecular weight excluding hydrogens is 292 g/mol. The van der Waals surface area contributed by atoms with Gasteiger partial charge in [-0.25, -0.2) is 8.42 Å². The van der Waals surface area contributed by atoms with E-state index >= 15 is 0 Å². The molecule has 1 N–H and O–H groups in total. The average molecular weight is 319 g/mol. The van der Waals surface area contributed by atoms with Crippen molar-refractivity contribution in [3.8, 4) is 0 Å². The Labute approximate surface area is 127 Å². The quantitative estimate of drug-likeness (QED) is 0.802. The van der Waals surface area contributed by atoms with Gasteiger partial charge in [0.2, 0.25) is 0 Å². The van der Waals surface area contributed by atoms with Crippen LogP contribution < -0.4 is 5.32 Å². The smallest absolute Gasteiger partial charge is 0.252 e. The van der Waals surface area contributed by atoms with Crippen molar-refractivity contribution in [3.05, 3.63) is 17.0 Å². The summed E-state index contributed by atoms with van der Waals surface area (Å²) in [4.78, 5) is 1.11. The fraction of sp³-hybridized carbons (Fsp3) is 0.714. The highest BCUT2D eigenvalue weighted by molar-refractivity contribution is 7.91. The number of nitrogens with zero attached hydrogens (tertiary/aromatic N) is 1. The Morgan fingerprint density at radius 3 is 2.40 bits per heavy atom. The standard InChI is InChI=1S/C14H26N2O2S2/c1-6-16(12(4)5)20(17,18)14-8-7-13(19-14)9-10-15-11(2)3/h7-8,11-12,15H,6,9-10H2,1-5H3. The first-order valence-electron chi connectivity index (χ1n) is 7.13. The van der Waals surface area contributed by atoms with Crippen LogP contribution in [0.15, 0.2) is 16.3 Å². The van der Waals surface area contributed by atoms with Crippen molar-refractivity contribution in [3.63, 3.8) is 0 Å². The molecule has 0 saturated heterocycles. The van der Waals surface area contributed by atoms with Crippen molar-refractivity contribution < 1.29 is 8.42 Å². The molecule has 0 bridgehead atoms. The van der Waals surface area contributed by atoms with Crippen LogP contribution in [0.4, 0.5) is 0 Å². The zero-order valence-corrected chi connectivity index (χ0v) is 14.6. The Kier molecular flexibility index (Phi) is 6.64. The summed E-state index contributed by atoms with van der Waals surface area (Å²) in [6.45, 7) is 11.3. The Morgan fingerprint density at radius 1 is 1.25 bits per heavy atom. The summed E-state index contributed by atoms with van der Waals surface area (Å²) in [5.74, 6) is 0. The number of thiophene rings is 1. The van der Waals surface area contributed by atoms with Gasteiger partial charge < -0.3 is 5.32 Å². The summed E-state index contributed by atoms with van der Waals surface area (Å²) in [5.41, 5.74) is 0. The van der Waals surface area contributed by atoms with Gasteiger partial charge in [-0.15, -0.1) is 11.3 Å². The van der Waals surface area contributed by atoms with Gasteiger partial charge in [-0.2, -0.15) is 4.31 Å². The first kappa shape index (κ1) is 17.6. The van der Waals surface area contributed by atoms with E-state index in [-0.39, 0.29) is 6.04 Å². The monoisotopic (exact) mass is 318 g/mol. The van der Waals surface area contributed by atoms with E-state index in [9.17, 15) is 8.42 Å². The third-order valence-corrected chi connectivity index (χ3v) is 6.77. The van der Waals surface area contributed by atoms with Crippen molar-refractivity contribution >= 4 is 21.4 Å². The molecule has 116 valence electrons. The third kappa shape index (κ3) is 4.55. The van der Waals surface area contributed by atoms with Gasteiger partial charge in [-0.05, 0) is 32.4 Å². The number of hydrogen-bond acceptors (Lipinski definition) is 4. The molecule has 0 fully saturated rings. The normalized spacial score (nSPS) is 12.8. The minimum absolute atomic E-state index is 0.0156. The third-order valence-electron chi connectivity index (χ3n) is 3.01. The van der Waals surface area contributed by atoms with Crippen LogP contribution in [0.1, 0.15) is 39.5 Å². The average Bonchev–Trinajstić information content (AvgIpc) is 2.77. The van der Waals surface area contributed by atoms with E-state index in [1.807, 2.05) is 26.8 Å². The number of sulfonamides is 1. The molecule has 0 atom stereocenters. The molecule has 0 aliphatic carbocycles. The maximum Gasteiger partial charge on any atom is 0.252 e. The first-order valence-corrected chi connectivity index (χ1v) is 9.38. The van der Waals surface area contributed by atoms with Crippen molar-refractivity contribution in [2.45, 2.75) is 57.3 Å². The second-order valence-electron chi connectivity index (χ2n) is 5.38. The van der Waals surface area contributed by atoms with Crippen molar-refractivity contribution in [2.75, 3.05) is 13.1 Å². The first-order chi connectivity index (χ1) is 9.28. The van der Waals surface area contributed by atoms with E-state index in [0.29, 0.717) is 16.8 Å². The lowest BCUT2D eigenvalue weighted by atomic mass is 10.3. The molecule has 1 heterocycles. The minimum Gasteiger partial charge on any atom is -0.314 e. The van der Waals surface area contributed by atoms with Crippen molar-refractivity contribution in [1.29, 1.82) is 0 Å². The fourth-order valence-corrected chi connectivity index (χ4v) is 5.17. The molecule has 20 heavy (non-hydrogen) atoms. The van der Waals surface area contributed by atoms with Crippen LogP contribution in [0, 0.1) is 0 Å². The van der Waals surface area contributed by atoms with E-state index in [1.165, 1.54) is 15.6 Å². The van der Waals surface area contributed by atoms with Crippen molar-refractivity contribution in [1.82, 2.24) is 9.62 Å². The highest BCUT2D eigenvalue weighted by atomic mass is 32.2. The number of nitrogens with one attached hydrogen (secondary N) is 1. The van der Waals surface area contributed by atoms with Crippen LogP contribution in [0.25, 0.3) is 0 Å². The second kappa shape index (κ2) is 7.54. The lowest BCUT2D eigenvalue weighted by Gasteiger charge is -2.23. The SMILES string of the molecule is CCN(C(C)C)S(=O)(=O)c1ccc(CCNC(C)C)s1. The molecule has 0 saturated carbocycles. The molecule has 4 nitrogen and oxygen atoms in total. The molecule has 0 aliphatic rings. The lowest BCUT2D eigenvalue weighted by Crippen LogP contribution is -2.36. The van der Waals surface area contributed by atoms with Gasteiger partial charge in [0.1, 0.15) is 4.21 Å². The van der Waals surface area contributed by atoms with E-state index in [0.717, 1.165) is 17.8 Å². The summed E-state index contributed by atoms with van der Waals surface area (Å²) < 4.78 is 27.0. The number of hydrogen-bond donors (Lipinski definition) is 1. The predicted octanol–water partition coefficient (Wildman–Crippen LogP) is 2.71. The summed E-state index contributed by atoms with van der Waals surface area (Å²) >= 11 is 1.38. The van der Waals surface area contributed by atoms with Crippen LogP contribution in [0.5, 0.6) is 0 Å². The van der Waals surface area contributed by atoms with Gasteiger partial charge in [-0.1, -0.05) is 20.8 Å². The maximum atomic E-state index is 12.5. The van der Waals surface area contributed by atoms with E-state index in [4.69, 9.17) is 0 Å². The van der Waals surface area contributed by atoms with E-state index < -0.39 is 10.0 Å². The van der Waals surface area contributed by atoms with E-state index in [2.05, 4.69) is 19.2 Å². The summed E-state index contributed by atoms with van der Waals surface area (Å²) in [5, 5.41) is 3.34. The molecule has 6 heteroatoms. The molecule has 1 aromatic heterocycles. The molecule has 0 unspecified atom stereocenters. The Morgan fingerprint density at radius 2 is 1.90 bits per heavy atom. The minimum atomic E-state index is -3.34. The number of rotatable bonds is 8. The van der Waals surface area contributed by atoms with Crippen LogP contribution in [0.3, 0.4) is 0 Å². The summed E-state index contributed by atoms with van der Waals surface area (Å²) in [7, 11) is -3.34. The maximum absolute atomic E-state index is 12.5. The molecule has 0 spiro atoms. The fourth-order valence-electron chi connectivity index (χ4n) is 2.04. The van der Waals surface area contributed by atoms with Crippen molar-refractivity contribution in [2.24, 2.45) is 0 Å². The lowest BCUT2D eigenvalue weighted by molar-refractivity contribution is 0.370. The van der Waals surface area contributed by atoms with Gasteiger partial charge in [0.05, 0.1) is 0 Å². The molecular formula is C14H26N2O2S2. The van der Waals surface area contributed by atoms with Crippen LogP contribution >= 0.6 is 11.3 Å². The van der Waals surface area contributed by atoms with Gasteiger partial charge >= 0.3 is 0 Å².